The Kier molecular flexibility index (Phi) is 6.05. The van der Waals surface area contributed by atoms with Gasteiger partial charge in [0.05, 0.1) is 5.69 Å². The van der Waals surface area contributed by atoms with Crippen molar-refractivity contribution in [2.45, 2.75) is 45.1 Å². The van der Waals surface area contributed by atoms with Crippen LogP contribution in [0.25, 0.3) is 0 Å². The first-order valence-corrected chi connectivity index (χ1v) is 9.85. The number of amides is 2. The number of rotatable bonds is 5. The fraction of sp³-hybridized carbons (Fsp3) is 0.619. The molecule has 0 heterocycles. The molecule has 3 rings (SSSR count). The third-order valence-corrected chi connectivity index (χ3v) is 6.03. The SMILES string of the molecule is Cc1ccc(NC(=O)C2CC3CCCC(C2)C3N)c(OCC(=O)N(C)C)c1. The van der Waals surface area contributed by atoms with Crippen molar-refractivity contribution in [2.24, 2.45) is 23.5 Å². The van der Waals surface area contributed by atoms with Crippen LogP contribution in [0.15, 0.2) is 18.2 Å². The van der Waals surface area contributed by atoms with Crippen molar-refractivity contribution in [2.75, 3.05) is 26.0 Å². The van der Waals surface area contributed by atoms with Crippen molar-refractivity contribution in [1.29, 1.82) is 0 Å². The van der Waals surface area contributed by atoms with E-state index in [1.54, 1.807) is 14.1 Å². The van der Waals surface area contributed by atoms with Crippen LogP contribution in [-0.2, 0) is 9.59 Å². The number of ether oxygens (including phenoxy) is 1. The maximum Gasteiger partial charge on any atom is 0.259 e. The highest BCUT2D eigenvalue weighted by atomic mass is 16.5. The Balaban J connectivity index is 1.67. The van der Waals surface area contributed by atoms with Gasteiger partial charge in [0.15, 0.2) is 6.61 Å². The van der Waals surface area contributed by atoms with Crippen LogP contribution in [0.2, 0.25) is 0 Å². The number of benzene rings is 1. The number of nitrogens with one attached hydrogen (secondary N) is 1. The molecule has 2 aliphatic carbocycles. The Labute approximate surface area is 161 Å². The highest BCUT2D eigenvalue weighted by Crippen LogP contribution is 2.42. The lowest BCUT2D eigenvalue weighted by molar-refractivity contribution is -0.130. The molecular formula is C21H31N3O3. The van der Waals surface area contributed by atoms with E-state index in [0.29, 0.717) is 23.3 Å². The molecule has 2 bridgehead atoms. The van der Waals surface area contributed by atoms with E-state index in [2.05, 4.69) is 5.32 Å². The second-order valence-corrected chi connectivity index (χ2v) is 8.26. The molecule has 6 heteroatoms. The molecule has 27 heavy (non-hydrogen) atoms. The number of anilines is 1. The van der Waals surface area contributed by atoms with Crippen molar-refractivity contribution in [3.05, 3.63) is 23.8 Å². The zero-order valence-electron chi connectivity index (χ0n) is 16.5. The van der Waals surface area contributed by atoms with Crippen LogP contribution in [-0.4, -0.2) is 43.5 Å². The van der Waals surface area contributed by atoms with Crippen LogP contribution in [0.1, 0.15) is 37.7 Å². The number of nitrogens with two attached hydrogens (primary N) is 1. The molecule has 0 saturated heterocycles. The molecule has 0 spiro atoms. The standard InChI is InChI=1S/C21H31N3O3/c1-13-7-8-17(18(9-13)27-12-19(25)24(2)3)23-21(26)16-10-14-5-4-6-15(11-16)20(14)22/h7-9,14-16,20H,4-6,10-12,22H2,1-3H3,(H,23,26). The summed E-state index contributed by atoms with van der Waals surface area (Å²) < 4.78 is 5.70. The van der Waals surface area contributed by atoms with Gasteiger partial charge in [0, 0.05) is 26.1 Å². The number of likely N-dealkylation sites (N-methyl/N-ethyl adjacent to an activating group) is 1. The van der Waals surface area contributed by atoms with E-state index in [1.165, 1.54) is 11.3 Å². The summed E-state index contributed by atoms with van der Waals surface area (Å²) in [5, 5.41) is 3.03. The summed E-state index contributed by atoms with van der Waals surface area (Å²) in [5.41, 5.74) is 7.98. The van der Waals surface area contributed by atoms with Gasteiger partial charge in [-0.1, -0.05) is 12.5 Å². The number of nitrogens with zero attached hydrogens (tertiary/aromatic N) is 1. The van der Waals surface area contributed by atoms with Crippen LogP contribution in [0.3, 0.4) is 0 Å². The van der Waals surface area contributed by atoms with E-state index in [9.17, 15) is 9.59 Å². The van der Waals surface area contributed by atoms with E-state index in [4.69, 9.17) is 10.5 Å². The van der Waals surface area contributed by atoms with Gasteiger partial charge in [0.2, 0.25) is 5.91 Å². The van der Waals surface area contributed by atoms with Gasteiger partial charge >= 0.3 is 0 Å². The molecule has 2 saturated carbocycles. The third kappa shape index (κ3) is 4.61. The van der Waals surface area contributed by atoms with Crippen LogP contribution in [0, 0.1) is 24.7 Å². The van der Waals surface area contributed by atoms with E-state index in [0.717, 1.165) is 31.2 Å². The summed E-state index contributed by atoms with van der Waals surface area (Å²) in [7, 11) is 3.38. The van der Waals surface area contributed by atoms with Crippen LogP contribution in [0.4, 0.5) is 5.69 Å². The smallest absolute Gasteiger partial charge is 0.259 e. The summed E-state index contributed by atoms with van der Waals surface area (Å²) in [6.07, 6.45) is 5.22. The van der Waals surface area contributed by atoms with Gasteiger partial charge in [0.25, 0.3) is 5.91 Å². The zero-order valence-corrected chi connectivity index (χ0v) is 16.5. The van der Waals surface area contributed by atoms with Crippen LogP contribution >= 0.6 is 0 Å². The second-order valence-electron chi connectivity index (χ2n) is 8.26. The molecule has 0 radical (unpaired) electrons. The average Bonchev–Trinajstić information content (AvgIpc) is 2.61. The van der Waals surface area contributed by atoms with Crippen molar-refractivity contribution < 1.29 is 14.3 Å². The number of carbonyl (C=O) groups excluding carboxylic acids is 2. The van der Waals surface area contributed by atoms with Gasteiger partial charge < -0.3 is 20.7 Å². The highest BCUT2D eigenvalue weighted by Gasteiger charge is 2.40. The molecule has 0 aliphatic heterocycles. The molecule has 2 amide bonds. The minimum Gasteiger partial charge on any atom is -0.482 e. The first kappa shape index (κ1) is 19.7. The lowest BCUT2D eigenvalue weighted by Crippen LogP contribution is -2.48. The summed E-state index contributed by atoms with van der Waals surface area (Å²) >= 11 is 0. The van der Waals surface area contributed by atoms with Crippen molar-refractivity contribution in [3.8, 4) is 5.75 Å². The molecule has 0 aromatic heterocycles. The maximum absolute atomic E-state index is 12.9. The number of aryl methyl sites for hydroxylation is 1. The van der Waals surface area contributed by atoms with E-state index in [1.807, 2.05) is 25.1 Å². The molecular weight excluding hydrogens is 342 g/mol. The lowest BCUT2D eigenvalue weighted by Gasteiger charge is -2.43. The zero-order chi connectivity index (χ0) is 19.6. The minimum atomic E-state index is -0.122. The number of carbonyl (C=O) groups is 2. The van der Waals surface area contributed by atoms with E-state index >= 15 is 0 Å². The summed E-state index contributed by atoms with van der Waals surface area (Å²) in [4.78, 5) is 26.2. The molecule has 3 N–H and O–H groups in total. The van der Waals surface area contributed by atoms with Gasteiger partial charge in [0.1, 0.15) is 5.75 Å². The Morgan fingerprint density at radius 3 is 2.52 bits per heavy atom. The molecule has 2 atom stereocenters. The predicted molar refractivity (Wildman–Crippen MR) is 106 cm³/mol. The fourth-order valence-electron chi connectivity index (χ4n) is 4.36. The molecule has 2 aliphatic rings. The Morgan fingerprint density at radius 1 is 1.22 bits per heavy atom. The van der Waals surface area contributed by atoms with Crippen LogP contribution in [0.5, 0.6) is 5.75 Å². The topological polar surface area (TPSA) is 84.7 Å². The monoisotopic (exact) mass is 373 g/mol. The summed E-state index contributed by atoms with van der Waals surface area (Å²) in [5.74, 6) is 1.36. The second kappa shape index (κ2) is 8.30. The Bertz CT molecular complexity index is 690. The molecule has 1 aromatic rings. The lowest BCUT2D eigenvalue weighted by atomic mass is 9.65. The largest absolute Gasteiger partial charge is 0.482 e. The normalized spacial score (nSPS) is 27.0. The predicted octanol–water partition coefficient (Wildman–Crippen LogP) is 2.55. The van der Waals surface area contributed by atoms with Gasteiger partial charge in [-0.3, -0.25) is 9.59 Å². The molecule has 2 unspecified atom stereocenters. The average molecular weight is 373 g/mol. The minimum absolute atomic E-state index is 0.00217. The first-order valence-electron chi connectivity index (χ1n) is 9.85. The van der Waals surface area contributed by atoms with Crippen molar-refractivity contribution in [1.82, 2.24) is 4.90 Å². The van der Waals surface area contributed by atoms with Crippen LogP contribution < -0.4 is 15.8 Å². The Hall–Kier alpha value is -2.08. The van der Waals surface area contributed by atoms with Gasteiger partial charge in [-0.2, -0.15) is 0 Å². The van der Waals surface area contributed by atoms with Gasteiger partial charge in [-0.15, -0.1) is 0 Å². The number of hydrogen-bond donors (Lipinski definition) is 2. The highest BCUT2D eigenvalue weighted by molar-refractivity contribution is 5.94. The van der Waals surface area contributed by atoms with Gasteiger partial charge in [-0.05, 0) is 62.1 Å². The van der Waals surface area contributed by atoms with Crippen molar-refractivity contribution >= 4 is 17.5 Å². The molecule has 148 valence electrons. The number of fused-ring (bicyclic) bond motifs is 2. The fourth-order valence-corrected chi connectivity index (χ4v) is 4.36. The van der Waals surface area contributed by atoms with Gasteiger partial charge in [-0.25, -0.2) is 0 Å². The maximum atomic E-state index is 12.9. The molecule has 6 nitrogen and oxygen atoms in total. The first-order chi connectivity index (χ1) is 12.8. The third-order valence-electron chi connectivity index (χ3n) is 6.03. The van der Waals surface area contributed by atoms with E-state index < -0.39 is 0 Å². The molecule has 1 aromatic carbocycles. The summed E-state index contributed by atoms with van der Waals surface area (Å²) in [6.45, 7) is 1.90. The summed E-state index contributed by atoms with van der Waals surface area (Å²) in [6, 6.07) is 5.88. The van der Waals surface area contributed by atoms with Crippen molar-refractivity contribution in [3.63, 3.8) is 0 Å². The Morgan fingerprint density at radius 2 is 1.89 bits per heavy atom. The molecule has 2 fully saturated rings. The van der Waals surface area contributed by atoms with E-state index in [-0.39, 0.29) is 30.4 Å². The number of hydrogen-bond acceptors (Lipinski definition) is 4. The quantitative estimate of drug-likeness (QED) is 0.831.